The molecule has 0 aromatic carbocycles. The smallest absolute Gasteiger partial charge is 0.465 e. The third-order valence-corrected chi connectivity index (χ3v) is 6.16. The van der Waals surface area contributed by atoms with E-state index in [9.17, 15) is 33.2 Å². The number of carbonyl (C=O) groups is 2. The van der Waals surface area contributed by atoms with Gasteiger partial charge in [0.1, 0.15) is 6.61 Å². The fourth-order valence-corrected chi connectivity index (χ4v) is 4.47. The SMILES string of the molecule is CC(=O)OCC1C(COP(=O)(O)OP(=O)(O)O)OC(n2ccc(=O)[nH]c2=O)C1OC(C)=O. The summed E-state index contributed by atoms with van der Waals surface area (Å²) in [7, 11) is -10.6. The number of carbonyl (C=O) groups excluding carboxylic acids is 2. The van der Waals surface area contributed by atoms with Crippen LogP contribution in [-0.2, 0) is 41.8 Å². The summed E-state index contributed by atoms with van der Waals surface area (Å²) in [5, 5.41) is 0. The van der Waals surface area contributed by atoms with Crippen LogP contribution >= 0.6 is 15.6 Å². The highest BCUT2D eigenvalue weighted by Gasteiger charge is 2.49. The molecule has 5 atom stereocenters. The van der Waals surface area contributed by atoms with Crippen molar-refractivity contribution in [2.24, 2.45) is 5.92 Å². The lowest BCUT2D eigenvalue weighted by molar-refractivity contribution is -0.155. The molecule has 0 radical (unpaired) electrons. The molecular formula is C14H20N2O14P2. The van der Waals surface area contributed by atoms with E-state index in [-0.39, 0.29) is 0 Å². The number of nitrogens with one attached hydrogen (secondary N) is 1. The Morgan fingerprint density at radius 3 is 2.34 bits per heavy atom. The van der Waals surface area contributed by atoms with Crippen LogP contribution < -0.4 is 11.2 Å². The van der Waals surface area contributed by atoms with E-state index in [1.165, 1.54) is 0 Å². The maximum atomic E-state index is 12.2. The van der Waals surface area contributed by atoms with Crippen molar-refractivity contribution in [1.82, 2.24) is 9.55 Å². The van der Waals surface area contributed by atoms with Gasteiger partial charge in [-0.2, -0.15) is 4.31 Å². The molecule has 0 amide bonds. The molecule has 0 bridgehead atoms. The fourth-order valence-electron chi connectivity index (χ4n) is 2.87. The Labute approximate surface area is 178 Å². The van der Waals surface area contributed by atoms with Gasteiger partial charge in [-0.05, 0) is 0 Å². The number of aromatic amines is 1. The molecule has 2 rings (SSSR count). The molecular weight excluding hydrogens is 482 g/mol. The minimum Gasteiger partial charge on any atom is -0.465 e. The molecule has 0 saturated carbocycles. The van der Waals surface area contributed by atoms with Crippen LogP contribution in [0.25, 0.3) is 0 Å². The highest BCUT2D eigenvalue weighted by atomic mass is 31.3. The predicted octanol–water partition coefficient (Wildman–Crippen LogP) is -1.23. The quantitative estimate of drug-likeness (QED) is 0.229. The fraction of sp³-hybridized carbons (Fsp3) is 0.571. The average Bonchev–Trinajstić information content (AvgIpc) is 2.93. The number of hydrogen-bond acceptors (Lipinski definition) is 11. The molecule has 0 spiro atoms. The second kappa shape index (κ2) is 10.2. The number of phosphoric acid groups is 2. The van der Waals surface area contributed by atoms with Crippen molar-refractivity contribution >= 4 is 27.6 Å². The van der Waals surface area contributed by atoms with E-state index in [0.717, 1.165) is 30.7 Å². The van der Waals surface area contributed by atoms with Gasteiger partial charge in [-0.15, -0.1) is 0 Å². The number of hydrogen-bond donors (Lipinski definition) is 4. The van der Waals surface area contributed by atoms with Crippen molar-refractivity contribution in [2.45, 2.75) is 32.3 Å². The molecule has 180 valence electrons. The van der Waals surface area contributed by atoms with E-state index in [2.05, 4.69) is 8.83 Å². The Morgan fingerprint density at radius 2 is 1.81 bits per heavy atom. The van der Waals surface area contributed by atoms with Crippen LogP contribution in [0.2, 0.25) is 0 Å². The second-order valence-corrected chi connectivity index (χ2v) is 9.29. The Morgan fingerprint density at radius 1 is 1.16 bits per heavy atom. The zero-order chi connectivity index (χ0) is 24.3. The first kappa shape index (κ1) is 26.1. The number of aromatic nitrogens is 2. The Kier molecular flexibility index (Phi) is 8.31. The number of phosphoric ester groups is 1. The lowest BCUT2D eigenvalue weighted by atomic mass is 9.99. The van der Waals surface area contributed by atoms with Crippen molar-refractivity contribution < 1.29 is 56.4 Å². The molecule has 0 aliphatic carbocycles. The summed E-state index contributed by atoms with van der Waals surface area (Å²) < 4.78 is 47.4. The molecule has 16 nitrogen and oxygen atoms in total. The first-order chi connectivity index (χ1) is 14.7. The first-order valence-corrected chi connectivity index (χ1v) is 11.7. The van der Waals surface area contributed by atoms with Crippen LogP contribution in [0.1, 0.15) is 20.1 Å². The number of H-pyrrole nitrogens is 1. The van der Waals surface area contributed by atoms with Gasteiger partial charge in [0, 0.05) is 26.1 Å². The van der Waals surface area contributed by atoms with Crippen molar-refractivity contribution in [3.05, 3.63) is 33.1 Å². The molecule has 1 aliphatic heterocycles. The highest BCUT2D eigenvalue weighted by molar-refractivity contribution is 7.60. The second-order valence-electron chi connectivity index (χ2n) is 6.46. The molecule has 1 aromatic rings. The lowest BCUT2D eigenvalue weighted by Gasteiger charge is -2.24. The van der Waals surface area contributed by atoms with Crippen LogP contribution in [0.3, 0.4) is 0 Å². The number of rotatable bonds is 9. The molecule has 1 aromatic heterocycles. The summed E-state index contributed by atoms with van der Waals surface area (Å²) in [6, 6.07) is 0.982. The van der Waals surface area contributed by atoms with Crippen LogP contribution in [0.4, 0.5) is 0 Å². The van der Waals surface area contributed by atoms with Crippen molar-refractivity contribution in [1.29, 1.82) is 0 Å². The lowest BCUT2D eigenvalue weighted by Crippen LogP contribution is -2.39. The zero-order valence-electron chi connectivity index (χ0n) is 16.6. The van der Waals surface area contributed by atoms with Gasteiger partial charge in [-0.1, -0.05) is 0 Å². The maximum Gasteiger partial charge on any atom is 0.481 e. The molecule has 1 aliphatic rings. The Hall–Kier alpha value is -2.16. The third kappa shape index (κ3) is 7.46. The summed E-state index contributed by atoms with van der Waals surface area (Å²) in [4.78, 5) is 75.3. The molecule has 32 heavy (non-hydrogen) atoms. The van der Waals surface area contributed by atoms with E-state index in [1.54, 1.807) is 0 Å². The summed E-state index contributed by atoms with van der Waals surface area (Å²) in [5.41, 5.74) is -1.66. The van der Waals surface area contributed by atoms with Crippen LogP contribution in [0.5, 0.6) is 0 Å². The van der Waals surface area contributed by atoms with Crippen molar-refractivity contribution in [3.63, 3.8) is 0 Å². The van der Waals surface area contributed by atoms with E-state index < -0.39 is 76.4 Å². The maximum absolute atomic E-state index is 12.2. The number of esters is 2. The normalized spacial score (nSPS) is 25.2. The molecule has 4 N–H and O–H groups in total. The third-order valence-electron chi connectivity index (χ3n) is 4.01. The van der Waals surface area contributed by atoms with Gasteiger partial charge < -0.3 is 28.9 Å². The minimum absolute atomic E-state index is 0.453. The first-order valence-electron chi connectivity index (χ1n) is 8.70. The summed E-state index contributed by atoms with van der Waals surface area (Å²) in [5.74, 6) is -2.61. The standard InChI is InChI=1S/C14H20N2O14P2/c1-7(17)26-5-9-10(6-27-32(24,25)30-31(21,22)23)29-13(12(9)28-8(2)18)16-4-3-11(19)15-14(16)20/h3-4,9-10,12-13H,5-6H2,1-2H3,(H,24,25)(H,15,19,20)(H2,21,22,23). The van der Waals surface area contributed by atoms with Crippen LogP contribution in [-0.4, -0.2) is 61.6 Å². The average molecular weight is 502 g/mol. The molecule has 2 heterocycles. The van der Waals surface area contributed by atoms with E-state index in [4.69, 9.17) is 24.0 Å². The topological polar surface area (TPSA) is 230 Å². The van der Waals surface area contributed by atoms with E-state index >= 15 is 0 Å². The van der Waals surface area contributed by atoms with Gasteiger partial charge in [0.2, 0.25) is 0 Å². The molecule has 1 fully saturated rings. The van der Waals surface area contributed by atoms with Gasteiger partial charge in [-0.3, -0.25) is 28.5 Å². The van der Waals surface area contributed by atoms with Gasteiger partial charge >= 0.3 is 33.3 Å². The highest BCUT2D eigenvalue weighted by Crippen LogP contribution is 2.57. The van der Waals surface area contributed by atoms with Crippen LogP contribution in [0.15, 0.2) is 21.9 Å². The molecule has 18 heteroatoms. The minimum atomic E-state index is -5.39. The molecule has 1 saturated heterocycles. The van der Waals surface area contributed by atoms with Crippen LogP contribution in [0, 0.1) is 5.92 Å². The number of ether oxygens (including phenoxy) is 3. The summed E-state index contributed by atoms with van der Waals surface area (Å²) >= 11 is 0. The largest absolute Gasteiger partial charge is 0.481 e. The van der Waals surface area contributed by atoms with Gasteiger partial charge in [0.05, 0.1) is 18.6 Å². The van der Waals surface area contributed by atoms with Crippen molar-refractivity contribution in [3.8, 4) is 0 Å². The van der Waals surface area contributed by atoms with E-state index in [1.807, 2.05) is 4.98 Å². The van der Waals surface area contributed by atoms with Gasteiger partial charge in [-0.25, -0.2) is 13.9 Å². The van der Waals surface area contributed by atoms with Gasteiger partial charge in [0.25, 0.3) is 5.56 Å². The Balaban J connectivity index is 2.37. The summed E-state index contributed by atoms with van der Waals surface area (Å²) in [6.07, 6.45) is -2.95. The monoisotopic (exact) mass is 502 g/mol. The number of nitrogens with zero attached hydrogens (tertiary/aromatic N) is 1. The Bertz CT molecular complexity index is 1060. The zero-order valence-corrected chi connectivity index (χ0v) is 18.3. The van der Waals surface area contributed by atoms with Gasteiger partial charge in [0.15, 0.2) is 12.3 Å². The predicted molar refractivity (Wildman–Crippen MR) is 99.8 cm³/mol. The van der Waals surface area contributed by atoms with Crippen molar-refractivity contribution in [2.75, 3.05) is 13.2 Å². The van der Waals surface area contributed by atoms with E-state index in [0.29, 0.717) is 0 Å². The summed E-state index contributed by atoms with van der Waals surface area (Å²) in [6.45, 7) is 0.828. The molecule has 5 unspecified atom stereocenters.